The largest absolute Gasteiger partial charge is 0.459 e. The third-order valence-corrected chi connectivity index (χ3v) is 5.94. The first-order valence-electron chi connectivity index (χ1n) is 10.5. The highest BCUT2D eigenvalue weighted by atomic mass is 16.5. The van der Waals surface area contributed by atoms with E-state index >= 15 is 0 Å². The number of morpholine rings is 1. The molecule has 0 bridgehead atoms. The minimum Gasteiger partial charge on any atom is -0.459 e. The zero-order valence-corrected chi connectivity index (χ0v) is 17.3. The van der Waals surface area contributed by atoms with Gasteiger partial charge < -0.3 is 29.2 Å². The van der Waals surface area contributed by atoms with Gasteiger partial charge in [-0.2, -0.15) is 0 Å². The summed E-state index contributed by atoms with van der Waals surface area (Å²) in [5.41, 5.74) is 1.95. The molecular weight excluding hydrogens is 384 g/mol. The van der Waals surface area contributed by atoms with E-state index in [9.17, 15) is 9.59 Å². The number of nitrogens with zero attached hydrogens (tertiary/aromatic N) is 2. The maximum atomic E-state index is 12.7. The molecule has 2 fully saturated rings. The summed E-state index contributed by atoms with van der Waals surface area (Å²) < 4.78 is 10.6. The van der Waals surface area contributed by atoms with Crippen molar-refractivity contribution in [1.82, 2.24) is 4.90 Å². The van der Waals surface area contributed by atoms with Crippen molar-refractivity contribution in [3.05, 3.63) is 48.4 Å². The number of amides is 2. The second-order valence-electron chi connectivity index (χ2n) is 7.78. The van der Waals surface area contributed by atoms with Gasteiger partial charge >= 0.3 is 0 Å². The summed E-state index contributed by atoms with van der Waals surface area (Å²) in [5.74, 6) is 0.274. The van der Waals surface area contributed by atoms with Crippen molar-refractivity contribution in [1.29, 1.82) is 0 Å². The van der Waals surface area contributed by atoms with Crippen molar-refractivity contribution in [3.63, 3.8) is 0 Å². The Morgan fingerprint density at radius 1 is 1.03 bits per heavy atom. The molecule has 1 aromatic heterocycles. The van der Waals surface area contributed by atoms with Crippen LogP contribution in [-0.2, 0) is 9.53 Å². The number of carbonyl (C=O) groups is 2. The number of hydrogen-bond acceptors (Lipinski definition) is 5. The van der Waals surface area contributed by atoms with Gasteiger partial charge in [-0.25, -0.2) is 0 Å². The van der Waals surface area contributed by atoms with Crippen LogP contribution in [-0.4, -0.2) is 75.2 Å². The highest BCUT2D eigenvalue weighted by molar-refractivity contribution is 5.94. The second-order valence-corrected chi connectivity index (χ2v) is 7.78. The lowest BCUT2D eigenvalue weighted by molar-refractivity contribution is -0.917. The minimum atomic E-state index is -0.190. The third kappa shape index (κ3) is 4.66. The zero-order valence-electron chi connectivity index (χ0n) is 17.3. The van der Waals surface area contributed by atoms with Crippen molar-refractivity contribution in [2.75, 3.05) is 62.7 Å². The molecule has 0 spiro atoms. The van der Waals surface area contributed by atoms with E-state index in [-0.39, 0.29) is 17.9 Å². The van der Waals surface area contributed by atoms with Gasteiger partial charge in [0.15, 0.2) is 11.8 Å². The number of piperazine rings is 1. The van der Waals surface area contributed by atoms with E-state index in [0.29, 0.717) is 18.8 Å². The average Bonchev–Trinajstić information content (AvgIpc) is 3.34. The predicted octanol–water partition coefficient (Wildman–Crippen LogP) is 0.484. The number of rotatable bonds is 5. The van der Waals surface area contributed by atoms with Crippen molar-refractivity contribution in [2.45, 2.75) is 13.0 Å². The maximum absolute atomic E-state index is 12.7. The molecule has 2 aliphatic heterocycles. The summed E-state index contributed by atoms with van der Waals surface area (Å²) in [6.07, 6.45) is 1.51. The number of nitrogens with one attached hydrogen (secondary N) is 2. The Kier molecular flexibility index (Phi) is 6.35. The van der Waals surface area contributed by atoms with Crippen molar-refractivity contribution < 1.29 is 23.6 Å². The van der Waals surface area contributed by atoms with Crippen molar-refractivity contribution in [2.24, 2.45) is 0 Å². The highest BCUT2D eigenvalue weighted by Crippen LogP contribution is 2.19. The zero-order chi connectivity index (χ0) is 20.9. The predicted molar refractivity (Wildman–Crippen MR) is 113 cm³/mol. The molecule has 4 rings (SSSR count). The highest BCUT2D eigenvalue weighted by Gasteiger charge is 2.31. The average molecular weight is 413 g/mol. The van der Waals surface area contributed by atoms with Gasteiger partial charge in [0, 0.05) is 24.5 Å². The summed E-state index contributed by atoms with van der Waals surface area (Å²) in [7, 11) is 0. The van der Waals surface area contributed by atoms with Crippen molar-refractivity contribution in [3.8, 4) is 0 Å². The molecule has 2 aliphatic rings. The molecule has 1 aromatic carbocycles. The Bertz CT molecular complexity index is 839. The molecule has 8 nitrogen and oxygen atoms in total. The molecule has 2 saturated heterocycles. The van der Waals surface area contributed by atoms with Gasteiger partial charge in [-0.15, -0.1) is 0 Å². The maximum Gasteiger partial charge on any atom is 0.289 e. The summed E-state index contributed by atoms with van der Waals surface area (Å²) in [6, 6.07) is 11.2. The Morgan fingerprint density at radius 3 is 2.37 bits per heavy atom. The third-order valence-electron chi connectivity index (χ3n) is 5.94. The van der Waals surface area contributed by atoms with E-state index in [4.69, 9.17) is 9.15 Å². The first-order chi connectivity index (χ1) is 14.6. The SMILES string of the molecule is C[C@H](C(=O)Nc1ccc(N2CCOCC2)cc1)[NH+]1CCN(C(=O)c2ccco2)CC1. The molecule has 0 saturated carbocycles. The fraction of sp³-hybridized carbons (Fsp3) is 0.455. The monoisotopic (exact) mass is 413 g/mol. The van der Waals surface area contributed by atoms with Gasteiger partial charge in [0.2, 0.25) is 0 Å². The Hall–Kier alpha value is -2.84. The Labute approximate surface area is 176 Å². The van der Waals surface area contributed by atoms with E-state index in [0.717, 1.165) is 50.8 Å². The number of furan rings is 1. The van der Waals surface area contributed by atoms with Gasteiger partial charge in [-0.3, -0.25) is 9.59 Å². The smallest absolute Gasteiger partial charge is 0.289 e. The molecule has 30 heavy (non-hydrogen) atoms. The van der Waals surface area contributed by atoms with E-state index in [2.05, 4.69) is 10.2 Å². The van der Waals surface area contributed by atoms with E-state index in [1.165, 1.54) is 11.2 Å². The van der Waals surface area contributed by atoms with Crippen LogP contribution in [0, 0.1) is 0 Å². The van der Waals surface area contributed by atoms with E-state index in [1.54, 1.807) is 17.0 Å². The standard InChI is InChI=1S/C22H28N4O4/c1-17(24-8-10-26(11-9-24)22(28)20-3-2-14-30-20)21(27)23-18-4-6-19(7-5-18)25-12-15-29-16-13-25/h2-7,14,17H,8-13,15-16H2,1H3,(H,23,27)/p+1/t17-/m1/s1. The molecule has 1 atom stereocenters. The lowest BCUT2D eigenvalue weighted by atomic mass is 10.2. The number of ether oxygens (including phenoxy) is 1. The van der Waals surface area contributed by atoms with Crippen LogP contribution < -0.4 is 15.1 Å². The van der Waals surface area contributed by atoms with Gasteiger partial charge in [0.05, 0.1) is 45.7 Å². The molecule has 3 heterocycles. The van der Waals surface area contributed by atoms with E-state index in [1.807, 2.05) is 31.2 Å². The number of benzene rings is 1. The molecular formula is C22H29N4O4+. The van der Waals surface area contributed by atoms with Crippen LogP contribution >= 0.6 is 0 Å². The van der Waals surface area contributed by atoms with Crippen LogP contribution in [0.1, 0.15) is 17.5 Å². The summed E-state index contributed by atoms with van der Waals surface area (Å²) in [4.78, 5) is 30.4. The fourth-order valence-electron chi connectivity index (χ4n) is 4.00. The molecule has 2 aromatic rings. The molecule has 8 heteroatoms. The van der Waals surface area contributed by atoms with Gasteiger partial charge in [-0.05, 0) is 43.3 Å². The van der Waals surface area contributed by atoms with Crippen LogP contribution in [0.25, 0.3) is 0 Å². The van der Waals surface area contributed by atoms with E-state index < -0.39 is 0 Å². The van der Waals surface area contributed by atoms with Crippen molar-refractivity contribution >= 4 is 23.2 Å². The Morgan fingerprint density at radius 2 is 1.73 bits per heavy atom. The quantitative estimate of drug-likeness (QED) is 0.746. The molecule has 2 amide bonds. The number of quaternary nitrogens is 1. The molecule has 2 N–H and O–H groups in total. The fourth-order valence-corrected chi connectivity index (χ4v) is 4.00. The first kappa shape index (κ1) is 20.4. The van der Waals surface area contributed by atoms with Gasteiger partial charge in [-0.1, -0.05) is 0 Å². The number of hydrogen-bond donors (Lipinski definition) is 2. The van der Waals surface area contributed by atoms with Crippen LogP contribution in [0.5, 0.6) is 0 Å². The van der Waals surface area contributed by atoms with Gasteiger partial charge in [0.1, 0.15) is 0 Å². The lowest BCUT2D eigenvalue weighted by Crippen LogP contribution is -3.19. The van der Waals surface area contributed by atoms with Crippen LogP contribution in [0.15, 0.2) is 47.1 Å². The van der Waals surface area contributed by atoms with Crippen LogP contribution in [0.3, 0.4) is 0 Å². The first-order valence-corrected chi connectivity index (χ1v) is 10.5. The molecule has 0 aliphatic carbocycles. The summed E-state index contributed by atoms with van der Waals surface area (Å²) in [5, 5.41) is 3.03. The minimum absolute atomic E-state index is 0.00469. The van der Waals surface area contributed by atoms with Crippen LogP contribution in [0.4, 0.5) is 11.4 Å². The molecule has 0 radical (unpaired) electrons. The molecule has 0 unspecified atom stereocenters. The number of anilines is 2. The topological polar surface area (TPSA) is 79.5 Å². The lowest BCUT2D eigenvalue weighted by Gasteiger charge is -2.34. The normalized spacial score (nSPS) is 18.8. The number of carbonyl (C=O) groups excluding carboxylic acids is 2. The Balaban J connectivity index is 1.27. The van der Waals surface area contributed by atoms with Crippen LogP contribution in [0.2, 0.25) is 0 Å². The summed E-state index contributed by atoms with van der Waals surface area (Å²) >= 11 is 0. The molecule has 160 valence electrons. The second kappa shape index (κ2) is 9.32. The van der Waals surface area contributed by atoms with Gasteiger partial charge in [0.25, 0.3) is 11.8 Å². The summed E-state index contributed by atoms with van der Waals surface area (Å²) in [6.45, 7) is 7.91.